The first-order valence-electron chi connectivity index (χ1n) is 9.28. The summed E-state index contributed by atoms with van der Waals surface area (Å²) in [6, 6.07) is 15.5. The molecule has 1 heterocycles. The highest BCUT2D eigenvalue weighted by molar-refractivity contribution is 6.30. The van der Waals surface area contributed by atoms with E-state index in [1.54, 1.807) is 0 Å². The topological polar surface area (TPSA) is 64.3 Å². The Bertz CT molecular complexity index is 1010. The number of carboxylic acids is 1. The number of benzene rings is 2. The fourth-order valence-electron chi connectivity index (χ4n) is 3.81. The van der Waals surface area contributed by atoms with Crippen molar-refractivity contribution < 1.29 is 14.6 Å². The maximum Gasteiger partial charge on any atom is 0.303 e. The van der Waals surface area contributed by atoms with Crippen molar-refractivity contribution in [3.8, 4) is 11.4 Å². The van der Waals surface area contributed by atoms with Gasteiger partial charge in [-0.05, 0) is 79.3 Å². The number of hydrogen-bond acceptors (Lipinski definition) is 3. The molecule has 1 unspecified atom stereocenters. The smallest absolute Gasteiger partial charge is 0.303 e. The van der Waals surface area contributed by atoms with Crippen LogP contribution in [0.3, 0.4) is 0 Å². The van der Waals surface area contributed by atoms with Gasteiger partial charge in [0.15, 0.2) is 0 Å². The van der Waals surface area contributed by atoms with E-state index in [9.17, 15) is 4.79 Å². The van der Waals surface area contributed by atoms with Crippen LogP contribution in [0.2, 0.25) is 5.02 Å². The predicted octanol–water partition coefficient (Wildman–Crippen LogP) is 4.92. The number of halogens is 1. The number of carboxylic acid groups (broad SMARTS) is 1. The van der Waals surface area contributed by atoms with Crippen LogP contribution >= 0.6 is 11.6 Å². The van der Waals surface area contributed by atoms with Gasteiger partial charge in [-0.25, -0.2) is 4.68 Å². The second-order valence-corrected chi connectivity index (χ2v) is 7.58. The minimum Gasteiger partial charge on any atom is -0.487 e. The maximum atomic E-state index is 11.0. The zero-order valence-electron chi connectivity index (χ0n) is 15.6. The van der Waals surface area contributed by atoms with Crippen molar-refractivity contribution in [1.29, 1.82) is 0 Å². The van der Waals surface area contributed by atoms with Crippen LogP contribution in [-0.4, -0.2) is 20.9 Å². The summed E-state index contributed by atoms with van der Waals surface area (Å²) in [5.74, 6) is 0.149. The van der Waals surface area contributed by atoms with Crippen LogP contribution in [0.5, 0.6) is 5.75 Å². The summed E-state index contributed by atoms with van der Waals surface area (Å²) in [7, 11) is 0. The lowest BCUT2D eigenvalue weighted by Gasteiger charge is -2.12. The van der Waals surface area contributed by atoms with Crippen LogP contribution in [0.25, 0.3) is 5.69 Å². The fraction of sp³-hybridized carbons (Fsp3) is 0.273. The van der Waals surface area contributed by atoms with Crippen molar-refractivity contribution >= 4 is 17.6 Å². The molecule has 28 heavy (non-hydrogen) atoms. The Morgan fingerprint density at radius 1 is 1.25 bits per heavy atom. The van der Waals surface area contributed by atoms with Crippen LogP contribution in [0.4, 0.5) is 0 Å². The van der Waals surface area contributed by atoms with Gasteiger partial charge >= 0.3 is 5.97 Å². The molecule has 0 spiro atoms. The number of aromatic nitrogens is 2. The van der Waals surface area contributed by atoms with Gasteiger partial charge in [-0.1, -0.05) is 17.7 Å². The highest BCUT2D eigenvalue weighted by Gasteiger charge is 2.25. The Labute approximate surface area is 168 Å². The van der Waals surface area contributed by atoms with Crippen LogP contribution in [0.1, 0.15) is 41.3 Å². The van der Waals surface area contributed by atoms with E-state index in [-0.39, 0.29) is 12.3 Å². The van der Waals surface area contributed by atoms with Gasteiger partial charge in [-0.3, -0.25) is 4.79 Å². The number of aryl methyl sites for hydroxylation is 2. The number of carbonyl (C=O) groups is 1. The number of aliphatic carboxylic acids is 1. The maximum absolute atomic E-state index is 11.0. The van der Waals surface area contributed by atoms with Crippen LogP contribution in [-0.2, 0) is 17.8 Å². The largest absolute Gasteiger partial charge is 0.487 e. The van der Waals surface area contributed by atoms with Crippen molar-refractivity contribution in [3.63, 3.8) is 0 Å². The average molecular weight is 397 g/mol. The van der Waals surface area contributed by atoms with Gasteiger partial charge in [0.25, 0.3) is 0 Å². The van der Waals surface area contributed by atoms with Crippen LogP contribution in [0, 0.1) is 6.92 Å². The van der Waals surface area contributed by atoms with E-state index in [1.165, 1.54) is 5.56 Å². The molecule has 1 aliphatic carbocycles. The summed E-state index contributed by atoms with van der Waals surface area (Å²) in [6.45, 7) is 2.34. The minimum atomic E-state index is -0.746. The van der Waals surface area contributed by atoms with Gasteiger partial charge in [0, 0.05) is 5.02 Å². The van der Waals surface area contributed by atoms with Gasteiger partial charge in [0.1, 0.15) is 12.4 Å². The molecule has 2 aromatic carbocycles. The SMILES string of the molecule is Cc1cc(COc2ccc3c(c2)CCC3CC(=O)O)n(-c2ccc(Cl)cc2)n1. The van der Waals surface area contributed by atoms with Gasteiger partial charge in [0.05, 0.1) is 23.5 Å². The Morgan fingerprint density at radius 2 is 2.04 bits per heavy atom. The van der Waals surface area contributed by atoms with E-state index < -0.39 is 5.97 Å². The summed E-state index contributed by atoms with van der Waals surface area (Å²) in [4.78, 5) is 11.0. The highest BCUT2D eigenvalue weighted by atomic mass is 35.5. The lowest BCUT2D eigenvalue weighted by Crippen LogP contribution is -2.06. The molecule has 1 aromatic heterocycles. The van der Waals surface area contributed by atoms with E-state index in [1.807, 2.05) is 60.1 Å². The second kappa shape index (κ2) is 7.68. The third-order valence-electron chi connectivity index (χ3n) is 5.10. The fourth-order valence-corrected chi connectivity index (χ4v) is 3.94. The molecule has 0 aliphatic heterocycles. The second-order valence-electron chi connectivity index (χ2n) is 7.15. The first kappa shape index (κ1) is 18.6. The average Bonchev–Trinajstić information content (AvgIpc) is 3.23. The molecule has 0 bridgehead atoms. The monoisotopic (exact) mass is 396 g/mol. The number of hydrogen-bond donors (Lipinski definition) is 1. The molecule has 6 heteroatoms. The molecule has 4 rings (SSSR count). The first-order valence-corrected chi connectivity index (χ1v) is 9.66. The lowest BCUT2D eigenvalue weighted by atomic mass is 9.98. The Morgan fingerprint density at radius 3 is 2.79 bits per heavy atom. The standard InChI is InChI=1S/C22H21ClN2O3/c1-14-10-19(25(24-14)18-6-4-17(23)5-7-18)13-28-20-8-9-21-15(11-20)2-3-16(21)12-22(26)27/h4-11,16H,2-3,12-13H2,1H3,(H,26,27). The highest BCUT2D eigenvalue weighted by Crippen LogP contribution is 2.37. The third-order valence-corrected chi connectivity index (χ3v) is 5.35. The van der Waals surface area contributed by atoms with Crippen molar-refractivity contribution in [1.82, 2.24) is 9.78 Å². The van der Waals surface area contributed by atoms with Crippen molar-refractivity contribution in [3.05, 3.63) is 76.1 Å². The van der Waals surface area contributed by atoms with E-state index in [2.05, 4.69) is 5.10 Å². The summed E-state index contributed by atoms with van der Waals surface area (Å²) in [6.07, 6.45) is 1.96. The van der Waals surface area contributed by atoms with Crippen molar-refractivity contribution in [2.24, 2.45) is 0 Å². The molecule has 0 radical (unpaired) electrons. The molecule has 1 atom stereocenters. The molecule has 3 aromatic rings. The number of ether oxygens (including phenoxy) is 1. The van der Waals surface area contributed by atoms with Gasteiger partial charge in [-0.15, -0.1) is 0 Å². The molecular weight excluding hydrogens is 376 g/mol. The molecular formula is C22H21ClN2O3. The molecule has 0 saturated heterocycles. The molecule has 0 amide bonds. The summed E-state index contributed by atoms with van der Waals surface area (Å²) in [5, 5.41) is 14.3. The molecule has 1 aliphatic rings. The molecule has 5 nitrogen and oxygen atoms in total. The van der Waals surface area contributed by atoms with Gasteiger partial charge in [-0.2, -0.15) is 5.10 Å². The summed E-state index contributed by atoms with van der Waals surface area (Å²) < 4.78 is 7.89. The minimum absolute atomic E-state index is 0.107. The van der Waals surface area contributed by atoms with E-state index >= 15 is 0 Å². The van der Waals surface area contributed by atoms with Crippen LogP contribution < -0.4 is 4.74 Å². The Kier molecular flexibility index (Phi) is 5.09. The van der Waals surface area contributed by atoms with E-state index in [4.69, 9.17) is 21.4 Å². The normalized spacial score (nSPS) is 15.4. The van der Waals surface area contributed by atoms with E-state index in [0.717, 1.165) is 41.2 Å². The molecule has 0 saturated carbocycles. The first-order chi connectivity index (χ1) is 13.5. The predicted molar refractivity (Wildman–Crippen MR) is 107 cm³/mol. The van der Waals surface area contributed by atoms with Gasteiger partial charge in [0.2, 0.25) is 0 Å². The Hall–Kier alpha value is -2.79. The Balaban J connectivity index is 1.50. The lowest BCUT2D eigenvalue weighted by molar-refractivity contribution is -0.137. The molecule has 1 N–H and O–H groups in total. The van der Waals surface area contributed by atoms with Crippen LogP contribution in [0.15, 0.2) is 48.5 Å². The number of nitrogens with zero attached hydrogens (tertiary/aromatic N) is 2. The molecule has 144 valence electrons. The van der Waals surface area contributed by atoms with Crippen molar-refractivity contribution in [2.75, 3.05) is 0 Å². The summed E-state index contributed by atoms with van der Waals surface area (Å²) >= 11 is 5.98. The van der Waals surface area contributed by atoms with E-state index in [0.29, 0.717) is 11.6 Å². The number of fused-ring (bicyclic) bond motifs is 1. The quantitative estimate of drug-likeness (QED) is 0.642. The third kappa shape index (κ3) is 3.90. The number of rotatable bonds is 6. The zero-order valence-corrected chi connectivity index (χ0v) is 16.3. The molecule has 0 fully saturated rings. The summed E-state index contributed by atoms with van der Waals surface area (Å²) in [5.41, 5.74) is 5.12. The van der Waals surface area contributed by atoms with Crippen molar-refractivity contribution in [2.45, 2.75) is 38.7 Å². The zero-order chi connectivity index (χ0) is 19.7. The van der Waals surface area contributed by atoms with Gasteiger partial charge < -0.3 is 9.84 Å².